The molecule has 0 aromatic heterocycles. The molecule has 1 aliphatic heterocycles. The van der Waals surface area contributed by atoms with E-state index in [0.29, 0.717) is 12.1 Å². The van der Waals surface area contributed by atoms with E-state index in [2.05, 4.69) is 15.9 Å². The van der Waals surface area contributed by atoms with Crippen molar-refractivity contribution in [3.63, 3.8) is 0 Å². The Morgan fingerprint density at radius 2 is 1.81 bits per heavy atom. The molecule has 0 saturated heterocycles. The minimum atomic E-state index is -0.231. The third-order valence-corrected chi connectivity index (χ3v) is 3.01. The molecule has 2 rings (SSSR count). The maximum atomic E-state index is 11.9. The maximum absolute atomic E-state index is 11.9. The summed E-state index contributed by atoms with van der Waals surface area (Å²) in [6, 6.07) is 7.34. The minimum Gasteiger partial charge on any atom is -0.275 e. The molecular formula is C12H10BrNO2. The van der Waals surface area contributed by atoms with Gasteiger partial charge in [-0.2, -0.15) is 0 Å². The zero-order valence-corrected chi connectivity index (χ0v) is 10.3. The molecule has 1 aromatic rings. The van der Waals surface area contributed by atoms with Gasteiger partial charge < -0.3 is 0 Å². The van der Waals surface area contributed by atoms with Crippen LogP contribution in [-0.2, 0) is 9.59 Å². The van der Waals surface area contributed by atoms with Crippen LogP contribution in [0.2, 0.25) is 0 Å². The number of halogens is 1. The second kappa shape index (κ2) is 4.22. The third kappa shape index (κ3) is 1.80. The molecule has 3 nitrogen and oxygen atoms in total. The molecule has 1 heterocycles. The average molecular weight is 280 g/mol. The van der Waals surface area contributed by atoms with E-state index in [1.807, 2.05) is 24.3 Å². The van der Waals surface area contributed by atoms with Crippen molar-refractivity contribution in [2.75, 3.05) is 6.54 Å². The van der Waals surface area contributed by atoms with Gasteiger partial charge in [-0.05, 0) is 24.6 Å². The summed E-state index contributed by atoms with van der Waals surface area (Å²) in [6.07, 6.45) is 1.40. The van der Waals surface area contributed by atoms with Gasteiger partial charge in [0.15, 0.2) is 0 Å². The fourth-order valence-corrected chi connectivity index (χ4v) is 1.91. The summed E-state index contributed by atoms with van der Waals surface area (Å²) < 4.78 is 0.945. The Hall–Kier alpha value is -1.42. The quantitative estimate of drug-likeness (QED) is 0.779. The second-order valence-electron chi connectivity index (χ2n) is 3.45. The van der Waals surface area contributed by atoms with Crippen molar-refractivity contribution in [1.82, 2.24) is 4.90 Å². The van der Waals surface area contributed by atoms with E-state index in [1.165, 1.54) is 11.0 Å². The molecule has 0 spiro atoms. The fourth-order valence-electron chi connectivity index (χ4n) is 1.64. The highest BCUT2D eigenvalue weighted by Crippen LogP contribution is 2.24. The first kappa shape index (κ1) is 11.1. The number of rotatable bonds is 2. The number of carbonyl (C=O) groups excluding carboxylic acids is 2. The zero-order chi connectivity index (χ0) is 11.7. The Morgan fingerprint density at radius 1 is 1.19 bits per heavy atom. The molecule has 0 fully saturated rings. The van der Waals surface area contributed by atoms with E-state index >= 15 is 0 Å². The maximum Gasteiger partial charge on any atom is 0.261 e. The Labute approximate surface area is 102 Å². The molecule has 0 unspecified atom stereocenters. The molecule has 0 bridgehead atoms. The number of benzene rings is 1. The van der Waals surface area contributed by atoms with Crippen molar-refractivity contribution in [3.8, 4) is 0 Å². The van der Waals surface area contributed by atoms with Crippen molar-refractivity contribution in [1.29, 1.82) is 0 Å². The van der Waals surface area contributed by atoms with Crippen molar-refractivity contribution in [2.24, 2.45) is 0 Å². The van der Waals surface area contributed by atoms with Crippen LogP contribution in [0.25, 0.3) is 5.57 Å². The summed E-state index contributed by atoms with van der Waals surface area (Å²) in [5.74, 6) is -0.444. The van der Waals surface area contributed by atoms with Crippen LogP contribution in [0, 0.1) is 0 Å². The van der Waals surface area contributed by atoms with Crippen LogP contribution in [-0.4, -0.2) is 23.3 Å². The number of hydrogen-bond donors (Lipinski definition) is 0. The summed E-state index contributed by atoms with van der Waals surface area (Å²) in [6.45, 7) is 2.20. The first-order chi connectivity index (χ1) is 7.63. The molecule has 0 radical (unpaired) electrons. The van der Waals surface area contributed by atoms with E-state index in [-0.39, 0.29) is 11.8 Å². The first-order valence-electron chi connectivity index (χ1n) is 4.97. The number of carbonyl (C=O) groups is 2. The molecule has 2 amide bonds. The number of imide groups is 1. The van der Waals surface area contributed by atoms with Crippen LogP contribution in [0.3, 0.4) is 0 Å². The molecule has 0 saturated carbocycles. The van der Waals surface area contributed by atoms with E-state index in [1.54, 1.807) is 6.92 Å². The van der Waals surface area contributed by atoms with Gasteiger partial charge in [0.2, 0.25) is 0 Å². The highest BCUT2D eigenvalue weighted by atomic mass is 79.9. The summed E-state index contributed by atoms with van der Waals surface area (Å²) in [5, 5.41) is 0. The lowest BCUT2D eigenvalue weighted by Gasteiger charge is -2.11. The van der Waals surface area contributed by atoms with Gasteiger partial charge in [-0.1, -0.05) is 28.1 Å². The number of nitrogens with zero attached hydrogens (tertiary/aromatic N) is 1. The first-order valence-corrected chi connectivity index (χ1v) is 5.76. The number of likely N-dealkylation sites (N-methyl/N-ethyl adjacent to an activating group) is 1. The SMILES string of the molecule is CCN1C(=O)C=C(c2ccc(Br)cc2)C1=O. The van der Waals surface area contributed by atoms with Crippen molar-refractivity contribution in [3.05, 3.63) is 40.4 Å². The van der Waals surface area contributed by atoms with Crippen molar-refractivity contribution < 1.29 is 9.59 Å². The van der Waals surface area contributed by atoms with Gasteiger partial charge in [-0.15, -0.1) is 0 Å². The minimum absolute atomic E-state index is 0.213. The molecule has 1 aliphatic rings. The van der Waals surface area contributed by atoms with Gasteiger partial charge >= 0.3 is 0 Å². The van der Waals surface area contributed by atoms with E-state index < -0.39 is 0 Å². The average Bonchev–Trinajstić information content (AvgIpc) is 2.55. The van der Waals surface area contributed by atoms with E-state index in [4.69, 9.17) is 0 Å². The Bertz CT molecular complexity index is 476. The molecule has 0 atom stereocenters. The molecule has 82 valence electrons. The van der Waals surface area contributed by atoms with Gasteiger partial charge in [0.1, 0.15) is 0 Å². The molecule has 0 aliphatic carbocycles. The second-order valence-corrected chi connectivity index (χ2v) is 4.37. The van der Waals surface area contributed by atoms with Crippen LogP contribution in [0.15, 0.2) is 34.8 Å². The lowest BCUT2D eigenvalue weighted by molar-refractivity contribution is -0.136. The fraction of sp³-hybridized carbons (Fsp3) is 0.167. The standard InChI is InChI=1S/C12H10BrNO2/c1-2-14-11(15)7-10(12(14)16)8-3-5-9(13)6-4-8/h3-7H,2H2,1H3. The van der Waals surface area contributed by atoms with E-state index in [9.17, 15) is 9.59 Å². The van der Waals surface area contributed by atoms with Gasteiger partial charge in [0.05, 0.1) is 5.57 Å². The van der Waals surface area contributed by atoms with E-state index in [0.717, 1.165) is 10.0 Å². The summed E-state index contributed by atoms with van der Waals surface area (Å²) in [4.78, 5) is 24.6. The van der Waals surface area contributed by atoms with Crippen molar-refractivity contribution in [2.45, 2.75) is 6.92 Å². The van der Waals surface area contributed by atoms with Crippen LogP contribution in [0.4, 0.5) is 0 Å². The predicted molar refractivity (Wildman–Crippen MR) is 64.5 cm³/mol. The largest absolute Gasteiger partial charge is 0.275 e. The van der Waals surface area contributed by atoms with Crippen LogP contribution < -0.4 is 0 Å². The van der Waals surface area contributed by atoms with Gasteiger partial charge in [0.25, 0.3) is 11.8 Å². The lowest BCUT2D eigenvalue weighted by Crippen LogP contribution is -2.30. The highest BCUT2D eigenvalue weighted by Gasteiger charge is 2.30. The number of amides is 2. The molecule has 1 aromatic carbocycles. The normalized spacial score (nSPS) is 15.6. The Morgan fingerprint density at radius 3 is 2.31 bits per heavy atom. The summed E-state index contributed by atoms with van der Waals surface area (Å²) in [5.41, 5.74) is 1.25. The molecule has 4 heteroatoms. The third-order valence-electron chi connectivity index (χ3n) is 2.48. The summed E-state index contributed by atoms with van der Waals surface area (Å²) >= 11 is 3.32. The van der Waals surface area contributed by atoms with Gasteiger partial charge in [0, 0.05) is 17.1 Å². The van der Waals surface area contributed by atoms with Gasteiger partial charge in [-0.25, -0.2) is 0 Å². The topological polar surface area (TPSA) is 37.4 Å². The van der Waals surface area contributed by atoms with Gasteiger partial charge in [-0.3, -0.25) is 14.5 Å². The van der Waals surface area contributed by atoms with Crippen LogP contribution in [0.1, 0.15) is 12.5 Å². The summed E-state index contributed by atoms with van der Waals surface area (Å²) in [7, 11) is 0. The lowest BCUT2D eigenvalue weighted by atomic mass is 10.1. The van der Waals surface area contributed by atoms with Crippen LogP contribution in [0.5, 0.6) is 0 Å². The Balaban J connectivity index is 2.36. The molecule has 0 N–H and O–H groups in total. The predicted octanol–water partition coefficient (Wildman–Crippen LogP) is 2.22. The Kier molecular flexibility index (Phi) is 2.92. The van der Waals surface area contributed by atoms with Crippen molar-refractivity contribution >= 4 is 33.3 Å². The zero-order valence-electron chi connectivity index (χ0n) is 8.74. The smallest absolute Gasteiger partial charge is 0.261 e. The van der Waals surface area contributed by atoms with Crippen LogP contribution >= 0.6 is 15.9 Å². The highest BCUT2D eigenvalue weighted by molar-refractivity contribution is 9.10. The number of hydrogen-bond acceptors (Lipinski definition) is 2. The molecule has 16 heavy (non-hydrogen) atoms. The molecular weight excluding hydrogens is 270 g/mol. The monoisotopic (exact) mass is 279 g/mol.